The number of thioether (sulfide) groups is 1. The van der Waals surface area contributed by atoms with Gasteiger partial charge in [0.15, 0.2) is 0 Å². The molecule has 3 aromatic carbocycles. The molecule has 0 atom stereocenters. The van der Waals surface area contributed by atoms with Crippen molar-refractivity contribution in [3.63, 3.8) is 0 Å². The van der Waals surface area contributed by atoms with Gasteiger partial charge in [0.2, 0.25) is 0 Å². The number of rotatable bonds is 3. The number of fused-ring (bicyclic) bond motifs is 3. The van der Waals surface area contributed by atoms with Crippen LogP contribution in [0.1, 0.15) is 11.1 Å². The van der Waals surface area contributed by atoms with Crippen LogP contribution in [0.3, 0.4) is 0 Å². The fraction of sp³-hybridized carbons (Fsp3) is 0.0500. The lowest BCUT2D eigenvalue weighted by Crippen LogP contribution is -1.94. The van der Waals surface area contributed by atoms with Crippen molar-refractivity contribution >= 4 is 50.0 Å². The van der Waals surface area contributed by atoms with Crippen molar-refractivity contribution in [1.29, 1.82) is 0 Å². The Labute approximate surface area is 144 Å². The monoisotopic (exact) mass is 333 g/mol. The molecule has 0 fully saturated rings. The Morgan fingerprint density at radius 1 is 0.826 bits per heavy atom. The predicted octanol–water partition coefficient (Wildman–Crippen LogP) is 5.93. The summed E-state index contributed by atoms with van der Waals surface area (Å²) >= 11 is 7.41. The molecule has 23 heavy (non-hydrogen) atoms. The van der Waals surface area contributed by atoms with Crippen molar-refractivity contribution in [3.05, 3.63) is 83.9 Å². The minimum Gasteiger partial charge on any atom is -0.354 e. The molecular weight excluding hydrogens is 318 g/mol. The normalized spacial score (nSPS) is 11.1. The summed E-state index contributed by atoms with van der Waals surface area (Å²) in [4.78, 5) is 3.52. The van der Waals surface area contributed by atoms with Crippen molar-refractivity contribution in [2.75, 3.05) is 0 Å². The van der Waals surface area contributed by atoms with Gasteiger partial charge in [0.1, 0.15) is 0 Å². The molecule has 0 radical (unpaired) electrons. The number of thiocarbonyl (C=S) groups is 1. The van der Waals surface area contributed by atoms with Crippen molar-refractivity contribution in [1.82, 2.24) is 4.98 Å². The highest BCUT2D eigenvalue weighted by Gasteiger charge is 2.11. The van der Waals surface area contributed by atoms with Gasteiger partial charge in [0.25, 0.3) is 0 Å². The van der Waals surface area contributed by atoms with Crippen LogP contribution >= 0.6 is 24.0 Å². The fourth-order valence-electron chi connectivity index (χ4n) is 2.84. The van der Waals surface area contributed by atoms with Crippen LogP contribution in [-0.4, -0.2) is 9.18 Å². The number of aromatic nitrogens is 1. The first kappa shape index (κ1) is 14.5. The van der Waals surface area contributed by atoms with Gasteiger partial charge in [-0.05, 0) is 11.6 Å². The molecule has 4 aromatic rings. The SMILES string of the molecule is S=C(SCc1ccccc1)c1cccc2c1[nH]c1ccccc12. The first-order chi connectivity index (χ1) is 11.3. The molecule has 0 saturated carbocycles. The fourth-order valence-corrected chi connectivity index (χ4v) is 4.01. The van der Waals surface area contributed by atoms with Crippen LogP contribution in [0.2, 0.25) is 0 Å². The van der Waals surface area contributed by atoms with E-state index in [9.17, 15) is 0 Å². The number of aromatic amines is 1. The summed E-state index contributed by atoms with van der Waals surface area (Å²) in [6.45, 7) is 0. The van der Waals surface area contributed by atoms with Gasteiger partial charge in [-0.15, -0.1) is 11.8 Å². The second-order valence-corrected chi connectivity index (χ2v) is 7.11. The average molecular weight is 333 g/mol. The van der Waals surface area contributed by atoms with Gasteiger partial charge in [-0.25, -0.2) is 0 Å². The number of H-pyrrole nitrogens is 1. The summed E-state index contributed by atoms with van der Waals surface area (Å²) in [7, 11) is 0. The van der Waals surface area contributed by atoms with Gasteiger partial charge < -0.3 is 4.98 Å². The molecular formula is C20H15NS2. The standard InChI is InChI=1S/C20H15NS2/c22-20(23-13-14-7-2-1-3-8-14)17-11-6-10-16-15-9-4-5-12-18(15)21-19(16)17/h1-12,21H,13H2. The zero-order chi connectivity index (χ0) is 15.6. The molecule has 0 unspecified atom stereocenters. The zero-order valence-electron chi connectivity index (χ0n) is 12.5. The summed E-state index contributed by atoms with van der Waals surface area (Å²) < 4.78 is 0.936. The summed E-state index contributed by atoms with van der Waals surface area (Å²) in [5, 5.41) is 2.49. The van der Waals surface area contributed by atoms with E-state index in [0.29, 0.717) is 0 Å². The molecule has 0 saturated heterocycles. The van der Waals surface area contributed by atoms with E-state index in [1.165, 1.54) is 16.3 Å². The highest BCUT2D eigenvalue weighted by atomic mass is 32.2. The molecule has 1 N–H and O–H groups in total. The number of hydrogen-bond acceptors (Lipinski definition) is 2. The molecule has 0 aliphatic heterocycles. The number of para-hydroxylation sites is 2. The summed E-state index contributed by atoms with van der Waals surface area (Å²) in [6, 6.07) is 25.2. The topological polar surface area (TPSA) is 15.8 Å². The first-order valence-corrected chi connectivity index (χ1v) is 8.93. The lowest BCUT2D eigenvalue weighted by atomic mass is 10.1. The van der Waals surface area contributed by atoms with Crippen molar-refractivity contribution < 1.29 is 0 Å². The molecule has 3 heteroatoms. The minimum absolute atomic E-state index is 0.899. The van der Waals surface area contributed by atoms with Crippen LogP contribution in [0.5, 0.6) is 0 Å². The van der Waals surface area contributed by atoms with E-state index < -0.39 is 0 Å². The van der Waals surface area contributed by atoms with Crippen LogP contribution in [0, 0.1) is 0 Å². The minimum atomic E-state index is 0.899. The van der Waals surface area contributed by atoms with Crippen LogP contribution < -0.4 is 0 Å². The van der Waals surface area contributed by atoms with E-state index in [2.05, 4.69) is 71.7 Å². The zero-order valence-corrected chi connectivity index (χ0v) is 14.1. The molecule has 4 rings (SSSR count). The van der Waals surface area contributed by atoms with Crippen molar-refractivity contribution in [2.24, 2.45) is 0 Å². The van der Waals surface area contributed by atoms with Gasteiger partial charge >= 0.3 is 0 Å². The molecule has 0 spiro atoms. The van der Waals surface area contributed by atoms with Crippen LogP contribution in [0.15, 0.2) is 72.8 Å². The third kappa shape index (κ3) is 2.78. The third-order valence-electron chi connectivity index (χ3n) is 3.97. The Morgan fingerprint density at radius 2 is 1.57 bits per heavy atom. The Balaban J connectivity index is 1.69. The van der Waals surface area contributed by atoms with Crippen molar-refractivity contribution in [3.8, 4) is 0 Å². The number of benzene rings is 3. The second-order valence-electron chi connectivity index (χ2n) is 5.46. The van der Waals surface area contributed by atoms with Crippen LogP contribution in [0.4, 0.5) is 0 Å². The maximum atomic E-state index is 5.69. The second kappa shape index (κ2) is 6.19. The molecule has 1 aromatic heterocycles. The van der Waals surface area contributed by atoms with Gasteiger partial charge in [-0.2, -0.15) is 0 Å². The van der Waals surface area contributed by atoms with E-state index >= 15 is 0 Å². The van der Waals surface area contributed by atoms with E-state index in [1.54, 1.807) is 11.8 Å². The van der Waals surface area contributed by atoms with E-state index in [0.717, 1.165) is 26.5 Å². The smallest absolute Gasteiger partial charge is 0.0802 e. The largest absolute Gasteiger partial charge is 0.354 e. The average Bonchev–Trinajstić information content (AvgIpc) is 2.99. The summed E-state index contributed by atoms with van der Waals surface area (Å²) in [5.41, 5.74) is 4.71. The van der Waals surface area contributed by atoms with E-state index in [1.807, 2.05) is 6.07 Å². The predicted molar refractivity (Wildman–Crippen MR) is 105 cm³/mol. The molecule has 112 valence electrons. The van der Waals surface area contributed by atoms with Crippen LogP contribution in [0.25, 0.3) is 21.8 Å². The molecule has 0 bridgehead atoms. The first-order valence-electron chi connectivity index (χ1n) is 7.53. The lowest BCUT2D eigenvalue weighted by molar-refractivity contribution is 1.43. The maximum absolute atomic E-state index is 5.69. The highest BCUT2D eigenvalue weighted by molar-refractivity contribution is 8.23. The quantitative estimate of drug-likeness (QED) is 0.468. The van der Waals surface area contributed by atoms with Crippen molar-refractivity contribution in [2.45, 2.75) is 5.75 Å². The highest BCUT2D eigenvalue weighted by Crippen LogP contribution is 2.30. The Bertz CT molecular complexity index is 986. The van der Waals surface area contributed by atoms with Gasteiger partial charge in [0.05, 0.1) is 9.71 Å². The Morgan fingerprint density at radius 3 is 2.43 bits per heavy atom. The summed E-state index contributed by atoms with van der Waals surface area (Å²) in [6.07, 6.45) is 0. The van der Waals surface area contributed by atoms with Gasteiger partial charge in [0, 0.05) is 27.6 Å². The Hall–Kier alpha value is -2.10. The summed E-state index contributed by atoms with van der Waals surface area (Å²) in [5.74, 6) is 0.899. The maximum Gasteiger partial charge on any atom is 0.0802 e. The van der Waals surface area contributed by atoms with E-state index in [4.69, 9.17) is 12.2 Å². The third-order valence-corrected chi connectivity index (χ3v) is 5.51. The molecule has 0 amide bonds. The van der Waals surface area contributed by atoms with Gasteiger partial charge in [-0.1, -0.05) is 78.9 Å². The number of hydrogen-bond donors (Lipinski definition) is 1. The molecule has 1 heterocycles. The van der Waals surface area contributed by atoms with Crippen LogP contribution in [-0.2, 0) is 5.75 Å². The van der Waals surface area contributed by atoms with Gasteiger partial charge in [-0.3, -0.25) is 0 Å². The molecule has 1 nitrogen and oxygen atoms in total. The Kier molecular flexibility index (Phi) is 3.90. The van der Waals surface area contributed by atoms with E-state index in [-0.39, 0.29) is 0 Å². The molecule has 0 aliphatic carbocycles. The lowest BCUT2D eigenvalue weighted by Gasteiger charge is -2.06. The molecule has 0 aliphatic rings. The number of nitrogens with one attached hydrogen (secondary N) is 1.